The molecule has 4 aromatic rings. The van der Waals surface area contributed by atoms with Gasteiger partial charge >= 0.3 is 6.03 Å². The summed E-state index contributed by atoms with van der Waals surface area (Å²) in [6.45, 7) is 0.0136. The maximum atomic E-state index is 14.7. The molecule has 2 heterocycles. The number of nitriles is 1. The number of nitrogens with zero attached hydrogens (tertiary/aromatic N) is 3. The number of nitrogens with one attached hydrogen (secondary N) is 2. The normalized spacial score (nSPS) is 15.6. The average molecular weight is 651 g/mol. The van der Waals surface area contributed by atoms with Crippen LogP contribution in [0.3, 0.4) is 0 Å². The Balaban J connectivity index is 1.47. The highest BCUT2D eigenvalue weighted by molar-refractivity contribution is 14.1. The molecule has 1 aromatic heterocycles. The van der Waals surface area contributed by atoms with Gasteiger partial charge in [0.1, 0.15) is 36.1 Å². The molecule has 9 nitrogen and oxygen atoms in total. The molecule has 11 heteroatoms. The first-order chi connectivity index (χ1) is 19.4. The van der Waals surface area contributed by atoms with Crippen molar-refractivity contribution < 1.29 is 23.8 Å². The largest absolute Gasteiger partial charge is 0.491 e. The van der Waals surface area contributed by atoms with Crippen LogP contribution in [0, 0.1) is 20.7 Å². The number of rotatable bonds is 9. The smallest absolute Gasteiger partial charge is 0.325 e. The number of amides is 3. The highest BCUT2D eigenvalue weighted by Crippen LogP contribution is 2.33. The fraction of sp³-hybridized carbons (Fsp3) is 0.172. The van der Waals surface area contributed by atoms with E-state index >= 15 is 0 Å². The molecule has 0 bridgehead atoms. The summed E-state index contributed by atoms with van der Waals surface area (Å²) in [6, 6.07) is 18.1. The van der Waals surface area contributed by atoms with Gasteiger partial charge in [0.05, 0.1) is 30.1 Å². The van der Waals surface area contributed by atoms with Crippen molar-refractivity contribution in [2.45, 2.75) is 18.5 Å². The molecule has 3 aromatic carbocycles. The molecule has 2 atom stereocenters. The maximum absolute atomic E-state index is 14.7. The molecule has 0 saturated carbocycles. The third-order valence-electron chi connectivity index (χ3n) is 6.50. The molecule has 202 valence electrons. The minimum absolute atomic E-state index is 0.126. The van der Waals surface area contributed by atoms with E-state index in [2.05, 4.69) is 21.4 Å². The van der Waals surface area contributed by atoms with E-state index in [0.29, 0.717) is 34.0 Å². The number of carbonyl (C=O) groups is 2. The zero-order valence-electron chi connectivity index (χ0n) is 21.0. The number of aromatic nitrogens is 2. The molecule has 1 aliphatic rings. The van der Waals surface area contributed by atoms with Crippen LogP contribution in [-0.2, 0) is 11.2 Å². The molecule has 0 aliphatic carbocycles. The van der Waals surface area contributed by atoms with Crippen molar-refractivity contribution >= 4 is 34.5 Å². The summed E-state index contributed by atoms with van der Waals surface area (Å²) in [5.74, 6) is -0.0523. The SMILES string of the molecule is N#Cc1ccc(CC(c2ncc(-c3ccc(I)cc3F)[nH]2)N2C(=O)NC(c3ccc(OCCO)cc3)C2=O)cc1. The molecular weight excluding hydrogens is 628 g/mol. The summed E-state index contributed by atoms with van der Waals surface area (Å²) in [5.41, 5.74) is 2.55. The quantitative estimate of drug-likeness (QED) is 0.179. The van der Waals surface area contributed by atoms with Crippen molar-refractivity contribution in [3.05, 3.63) is 105 Å². The number of aliphatic hydroxyl groups is 1. The molecule has 2 unspecified atom stereocenters. The van der Waals surface area contributed by atoms with Crippen LogP contribution < -0.4 is 10.1 Å². The maximum Gasteiger partial charge on any atom is 0.325 e. The fourth-order valence-electron chi connectivity index (χ4n) is 4.53. The molecule has 1 saturated heterocycles. The summed E-state index contributed by atoms with van der Waals surface area (Å²) >= 11 is 2.03. The number of hydrogen-bond donors (Lipinski definition) is 3. The number of urea groups is 1. The average Bonchev–Trinajstić information content (AvgIpc) is 3.56. The van der Waals surface area contributed by atoms with Gasteiger partial charge in [-0.3, -0.25) is 9.69 Å². The Morgan fingerprint density at radius 2 is 1.88 bits per heavy atom. The first-order valence-corrected chi connectivity index (χ1v) is 13.4. The Kier molecular flexibility index (Phi) is 8.09. The van der Waals surface area contributed by atoms with E-state index in [-0.39, 0.29) is 19.6 Å². The predicted molar refractivity (Wildman–Crippen MR) is 151 cm³/mol. The second-order valence-corrected chi connectivity index (χ2v) is 10.3. The van der Waals surface area contributed by atoms with Crippen LogP contribution in [-0.4, -0.2) is 45.1 Å². The zero-order chi connectivity index (χ0) is 28.2. The van der Waals surface area contributed by atoms with Crippen LogP contribution in [0.5, 0.6) is 5.75 Å². The second-order valence-electron chi connectivity index (χ2n) is 9.07. The number of aliphatic hydroxyl groups excluding tert-OH is 1. The van der Waals surface area contributed by atoms with Gasteiger partial charge in [-0.25, -0.2) is 14.2 Å². The number of ether oxygens (including phenoxy) is 1. The van der Waals surface area contributed by atoms with Gasteiger partial charge in [-0.15, -0.1) is 0 Å². The molecule has 3 amide bonds. The van der Waals surface area contributed by atoms with Crippen LogP contribution in [0.15, 0.2) is 72.9 Å². The number of benzene rings is 3. The molecule has 0 radical (unpaired) electrons. The lowest BCUT2D eigenvalue weighted by molar-refractivity contribution is -0.129. The molecule has 1 aliphatic heterocycles. The van der Waals surface area contributed by atoms with Crippen LogP contribution >= 0.6 is 22.6 Å². The number of halogens is 2. The molecule has 1 fully saturated rings. The Morgan fingerprint density at radius 3 is 2.55 bits per heavy atom. The van der Waals surface area contributed by atoms with E-state index in [9.17, 15) is 14.0 Å². The monoisotopic (exact) mass is 651 g/mol. The first kappa shape index (κ1) is 27.3. The van der Waals surface area contributed by atoms with Crippen molar-refractivity contribution in [1.82, 2.24) is 20.2 Å². The Labute approximate surface area is 242 Å². The zero-order valence-corrected chi connectivity index (χ0v) is 23.1. The van der Waals surface area contributed by atoms with Gasteiger partial charge in [0.2, 0.25) is 0 Å². The minimum atomic E-state index is -0.925. The third-order valence-corrected chi connectivity index (χ3v) is 7.17. The van der Waals surface area contributed by atoms with E-state index in [1.54, 1.807) is 60.7 Å². The van der Waals surface area contributed by atoms with Crippen LogP contribution in [0.1, 0.15) is 34.6 Å². The van der Waals surface area contributed by atoms with Gasteiger partial charge < -0.3 is 20.1 Å². The number of H-pyrrole nitrogens is 1. The van der Waals surface area contributed by atoms with Gasteiger partial charge in [0, 0.05) is 15.6 Å². The number of carbonyl (C=O) groups excluding carboxylic acids is 2. The van der Waals surface area contributed by atoms with Crippen LogP contribution in [0.2, 0.25) is 0 Å². The van der Waals surface area contributed by atoms with Crippen molar-refractivity contribution in [2.24, 2.45) is 0 Å². The van der Waals surface area contributed by atoms with Crippen molar-refractivity contribution in [3.63, 3.8) is 0 Å². The van der Waals surface area contributed by atoms with E-state index in [1.165, 1.54) is 12.3 Å². The van der Waals surface area contributed by atoms with Crippen molar-refractivity contribution in [2.75, 3.05) is 13.2 Å². The Hall–Kier alpha value is -4.28. The Morgan fingerprint density at radius 1 is 1.12 bits per heavy atom. The first-order valence-electron chi connectivity index (χ1n) is 12.3. The summed E-state index contributed by atoms with van der Waals surface area (Å²) in [6.07, 6.45) is 1.70. The predicted octanol–water partition coefficient (Wildman–Crippen LogP) is 4.64. The van der Waals surface area contributed by atoms with E-state index < -0.39 is 29.8 Å². The highest BCUT2D eigenvalue weighted by atomic mass is 127. The summed E-state index contributed by atoms with van der Waals surface area (Å²) in [5, 5.41) is 20.9. The molecule has 0 spiro atoms. The second kappa shape index (κ2) is 11.8. The van der Waals surface area contributed by atoms with Crippen LogP contribution in [0.4, 0.5) is 9.18 Å². The van der Waals surface area contributed by atoms with Crippen molar-refractivity contribution in [1.29, 1.82) is 5.26 Å². The lowest BCUT2D eigenvalue weighted by Crippen LogP contribution is -2.36. The van der Waals surface area contributed by atoms with Crippen LogP contribution in [0.25, 0.3) is 11.3 Å². The minimum Gasteiger partial charge on any atom is -0.491 e. The number of imide groups is 1. The summed E-state index contributed by atoms with van der Waals surface area (Å²) < 4.78 is 20.8. The van der Waals surface area contributed by atoms with Crippen molar-refractivity contribution in [3.8, 4) is 23.1 Å². The van der Waals surface area contributed by atoms with E-state index in [1.807, 2.05) is 22.6 Å². The summed E-state index contributed by atoms with van der Waals surface area (Å²) in [7, 11) is 0. The molecule has 3 N–H and O–H groups in total. The highest BCUT2D eigenvalue weighted by Gasteiger charge is 2.44. The van der Waals surface area contributed by atoms with Gasteiger partial charge in [0.25, 0.3) is 5.91 Å². The topological polar surface area (TPSA) is 131 Å². The summed E-state index contributed by atoms with van der Waals surface area (Å²) in [4.78, 5) is 35.6. The van der Waals surface area contributed by atoms with Gasteiger partial charge in [0.15, 0.2) is 0 Å². The number of imidazole rings is 1. The lowest BCUT2D eigenvalue weighted by atomic mass is 10.0. The Bertz CT molecular complexity index is 1580. The standard InChI is InChI=1S/C29H23FIN5O4/c30-23-14-20(31)7-10-22(23)24-16-33-27(34-24)25(13-17-1-3-18(15-32)4-2-17)36-28(38)26(35-29(36)39)19-5-8-21(9-6-19)40-12-11-37/h1-10,14,16,25-26,37H,11-13H2,(H,33,34)(H,35,39). The number of hydrogen-bond acceptors (Lipinski definition) is 6. The van der Waals surface area contributed by atoms with Gasteiger partial charge in [-0.1, -0.05) is 24.3 Å². The van der Waals surface area contributed by atoms with Gasteiger partial charge in [-0.05, 0) is 76.2 Å². The van der Waals surface area contributed by atoms with Gasteiger partial charge in [-0.2, -0.15) is 5.26 Å². The molecule has 5 rings (SSSR count). The van der Waals surface area contributed by atoms with E-state index in [0.717, 1.165) is 14.0 Å². The molecular formula is C29H23FIN5O4. The van der Waals surface area contributed by atoms with E-state index in [4.69, 9.17) is 15.1 Å². The lowest BCUT2D eigenvalue weighted by Gasteiger charge is -2.24. The number of aromatic amines is 1. The third kappa shape index (κ3) is 5.68. The fourth-order valence-corrected chi connectivity index (χ4v) is 4.99. The molecule has 40 heavy (non-hydrogen) atoms.